The van der Waals surface area contributed by atoms with Crippen molar-refractivity contribution >= 4 is 5.97 Å². The van der Waals surface area contributed by atoms with Crippen LogP contribution in [0.4, 0.5) is 4.53 Å². The van der Waals surface area contributed by atoms with Crippen LogP contribution < -0.4 is 0 Å². The molecule has 0 radical (unpaired) electrons. The van der Waals surface area contributed by atoms with Gasteiger partial charge in [0.25, 0.3) is 0 Å². The summed E-state index contributed by atoms with van der Waals surface area (Å²) in [4.78, 5) is 13.3. The second-order valence-electron chi connectivity index (χ2n) is 2.17. The van der Waals surface area contributed by atoms with Crippen molar-refractivity contribution in [2.75, 3.05) is 0 Å². The Balaban J connectivity index is 4.10. The number of hydrogen-bond acceptors (Lipinski definition) is 2. The van der Waals surface area contributed by atoms with Crippen LogP contribution in [0.1, 0.15) is 13.8 Å². The van der Waals surface area contributed by atoms with E-state index in [9.17, 15) is 9.32 Å². The topological polar surface area (TPSA) is 26.3 Å². The van der Waals surface area contributed by atoms with Crippen molar-refractivity contribution in [2.45, 2.75) is 13.8 Å². The predicted molar refractivity (Wildman–Crippen MR) is 44.9 cm³/mol. The van der Waals surface area contributed by atoms with Gasteiger partial charge in [0.1, 0.15) is 0 Å². The molecule has 0 amide bonds. The number of carbonyl (C=O) groups is 1. The normalized spacial score (nSPS) is 12.8. The zero-order valence-corrected chi connectivity index (χ0v) is 7.08. The lowest BCUT2D eigenvalue weighted by atomic mass is 10.2. The van der Waals surface area contributed by atoms with Gasteiger partial charge in [-0.3, -0.25) is 4.94 Å². The summed E-state index contributed by atoms with van der Waals surface area (Å²) >= 11 is 0. The highest BCUT2D eigenvalue weighted by Crippen LogP contribution is 1.96. The number of halogens is 1. The molecule has 0 saturated heterocycles. The highest BCUT2D eigenvalue weighted by molar-refractivity contribution is 5.82. The Bertz CT molecular complexity index is 227. The molecule has 0 spiro atoms. The second kappa shape index (κ2) is 6.34. The first kappa shape index (κ1) is 10.6. The lowest BCUT2D eigenvalue weighted by Crippen LogP contribution is -1.91. The summed E-state index contributed by atoms with van der Waals surface area (Å²) in [6, 6.07) is 0. The highest BCUT2D eigenvalue weighted by Gasteiger charge is 1.95. The van der Waals surface area contributed by atoms with Gasteiger partial charge in [0.05, 0.1) is 0 Å². The zero-order valence-electron chi connectivity index (χ0n) is 7.08. The monoisotopic (exact) mass is 170 g/mol. The smallest absolute Gasteiger partial charge is 0.250 e. The molecule has 0 aliphatic carbocycles. The molecule has 3 heteroatoms. The average Bonchev–Trinajstić information content (AvgIpc) is 2.05. The number of hydrogen-bond donors (Lipinski definition) is 0. The molecule has 0 fully saturated rings. The minimum atomic E-state index is -0.988. The summed E-state index contributed by atoms with van der Waals surface area (Å²) in [5.41, 5.74) is 0.635. The standard InChI is InChI=1S/C9H11FO2/c1-3-4-5-6-8(2)7-9(11)12-10/h3-7H,1-2H3. The van der Waals surface area contributed by atoms with Crippen LogP contribution in [0, 0.1) is 0 Å². The van der Waals surface area contributed by atoms with Crippen molar-refractivity contribution in [2.24, 2.45) is 0 Å². The lowest BCUT2D eigenvalue weighted by molar-refractivity contribution is -0.176. The molecule has 12 heavy (non-hydrogen) atoms. The van der Waals surface area contributed by atoms with Crippen LogP contribution >= 0.6 is 0 Å². The Labute approximate surface area is 70.9 Å². The highest BCUT2D eigenvalue weighted by atomic mass is 19.3. The third-order valence-electron chi connectivity index (χ3n) is 1.08. The number of carbonyl (C=O) groups excluding carboxylic acids is 1. The molecule has 0 unspecified atom stereocenters. The summed E-state index contributed by atoms with van der Waals surface area (Å²) in [7, 11) is 0. The van der Waals surface area contributed by atoms with Gasteiger partial charge in [-0.05, 0) is 19.4 Å². The van der Waals surface area contributed by atoms with Gasteiger partial charge >= 0.3 is 5.97 Å². The first-order valence-electron chi connectivity index (χ1n) is 3.51. The zero-order chi connectivity index (χ0) is 9.40. The summed E-state index contributed by atoms with van der Waals surface area (Å²) in [6.07, 6.45) is 8.14. The molecule has 0 aliphatic heterocycles. The van der Waals surface area contributed by atoms with Gasteiger partial charge in [-0.1, -0.05) is 24.3 Å². The van der Waals surface area contributed by atoms with Gasteiger partial charge in [0.15, 0.2) is 0 Å². The molecular weight excluding hydrogens is 159 g/mol. The van der Waals surface area contributed by atoms with Gasteiger partial charge in [-0.15, -0.1) is 0 Å². The quantitative estimate of drug-likeness (QED) is 0.480. The molecule has 0 N–H and O–H groups in total. The molecule has 0 aliphatic rings. The fraction of sp³-hybridized carbons (Fsp3) is 0.222. The molecule has 0 rings (SSSR count). The maximum absolute atomic E-state index is 11.2. The maximum atomic E-state index is 11.2. The molecule has 0 aromatic carbocycles. The molecule has 0 bridgehead atoms. The van der Waals surface area contributed by atoms with Gasteiger partial charge in [0, 0.05) is 10.6 Å². The van der Waals surface area contributed by atoms with Crippen LogP contribution in [0.2, 0.25) is 0 Å². The first-order valence-corrected chi connectivity index (χ1v) is 3.51. The van der Waals surface area contributed by atoms with Gasteiger partial charge in [-0.2, -0.15) is 0 Å². The van der Waals surface area contributed by atoms with Crippen LogP contribution in [0.5, 0.6) is 0 Å². The van der Waals surface area contributed by atoms with Gasteiger partial charge in [-0.25, -0.2) is 4.79 Å². The molecule has 0 aromatic rings. The fourth-order valence-electron chi connectivity index (χ4n) is 0.575. The molecular formula is C9H11FO2. The molecule has 66 valence electrons. The lowest BCUT2D eigenvalue weighted by Gasteiger charge is -1.87. The van der Waals surface area contributed by atoms with E-state index >= 15 is 0 Å². The van der Waals surface area contributed by atoms with E-state index in [-0.39, 0.29) is 0 Å². The Morgan fingerprint density at radius 1 is 1.42 bits per heavy atom. The predicted octanol–water partition coefficient (Wildman–Crippen LogP) is 2.49. The van der Waals surface area contributed by atoms with Crippen LogP contribution in [-0.2, 0) is 9.74 Å². The molecule has 2 nitrogen and oxygen atoms in total. The summed E-state index contributed by atoms with van der Waals surface area (Å²) in [5, 5.41) is 0. The van der Waals surface area contributed by atoms with Crippen LogP contribution in [0.3, 0.4) is 0 Å². The van der Waals surface area contributed by atoms with Gasteiger partial charge in [0.2, 0.25) is 0 Å². The SMILES string of the molecule is CC=CC=CC(C)=CC(=O)OF. The molecule has 0 atom stereocenters. The molecule has 0 heterocycles. The number of allylic oxidation sites excluding steroid dienone is 5. The van der Waals surface area contributed by atoms with E-state index in [1.165, 1.54) is 0 Å². The number of rotatable bonds is 3. The third kappa shape index (κ3) is 5.41. The van der Waals surface area contributed by atoms with Crippen molar-refractivity contribution in [1.82, 2.24) is 0 Å². The van der Waals surface area contributed by atoms with E-state index in [1.807, 2.05) is 13.0 Å². The minimum Gasteiger partial charge on any atom is -0.250 e. The maximum Gasteiger partial charge on any atom is 0.372 e. The molecule has 0 saturated carbocycles. The van der Waals surface area contributed by atoms with E-state index in [4.69, 9.17) is 0 Å². The summed E-state index contributed by atoms with van der Waals surface area (Å²) in [6.45, 7) is 3.55. The van der Waals surface area contributed by atoms with Crippen LogP contribution in [-0.4, -0.2) is 5.97 Å². The van der Waals surface area contributed by atoms with E-state index in [0.29, 0.717) is 5.57 Å². The van der Waals surface area contributed by atoms with E-state index in [2.05, 4.69) is 4.94 Å². The van der Waals surface area contributed by atoms with Crippen molar-refractivity contribution < 1.29 is 14.3 Å². The average molecular weight is 170 g/mol. The van der Waals surface area contributed by atoms with E-state index < -0.39 is 5.97 Å². The first-order chi connectivity index (χ1) is 5.70. The Hall–Kier alpha value is -1.38. The minimum absolute atomic E-state index is 0.635. The largest absolute Gasteiger partial charge is 0.372 e. The van der Waals surface area contributed by atoms with E-state index in [1.54, 1.807) is 25.2 Å². The van der Waals surface area contributed by atoms with Crippen molar-refractivity contribution in [3.8, 4) is 0 Å². The van der Waals surface area contributed by atoms with E-state index in [0.717, 1.165) is 6.08 Å². The Morgan fingerprint density at radius 3 is 2.58 bits per heavy atom. The molecule has 0 aromatic heterocycles. The van der Waals surface area contributed by atoms with Crippen molar-refractivity contribution in [3.05, 3.63) is 36.0 Å². The second-order valence-corrected chi connectivity index (χ2v) is 2.17. The fourth-order valence-corrected chi connectivity index (χ4v) is 0.575. The summed E-state index contributed by atoms with van der Waals surface area (Å²) in [5.74, 6) is -0.988. The van der Waals surface area contributed by atoms with Gasteiger partial charge < -0.3 is 0 Å². The van der Waals surface area contributed by atoms with Crippen molar-refractivity contribution in [1.29, 1.82) is 0 Å². The summed E-state index contributed by atoms with van der Waals surface area (Å²) < 4.78 is 11.2. The Kier molecular flexibility index (Phi) is 5.61. The third-order valence-corrected chi connectivity index (χ3v) is 1.08. The van der Waals surface area contributed by atoms with Crippen LogP contribution in [0.15, 0.2) is 36.0 Å². The Morgan fingerprint density at radius 2 is 2.08 bits per heavy atom. The van der Waals surface area contributed by atoms with Crippen LogP contribution in [0.25, 0.3) is 0 Å². The van der Waals surface area contributed by atoms with Crippen molar-refractivity contribution in [3.63, 3.8) is 0 Å².